The van der Waals surface area contributed by atoms with Gasteiger partial charge in [0.05, 0.1) is 13.2 Å². The lowest BCUT2D eigenvalue weighted by atomic mass is 10.1. The molecule has 0 aliphatic rings. The van der Waals surface area contributed by atoms with Crippen molar-refractivity contribution < 1.29 is 9.53 Å². The third-order valence-corrected chi connectivity index (χ3v) is 4.78. The van der Waals surface area contributed by atoms with Crippen LogP contribution in [0.5, 0.6) is 0 Å². The number of carbonyl (C=O) groups excluding carboxylic acids is 1. The third kappa shape index (κ3) is 5.96. The first-order valence-corrected chi connectivity index (χ1v) is 10.2. The number of carbonyl (C=O) groups is 1. The zero-order valence-corrected chi connectivity index (χ0v) is 17.9. The topological polar surface area (TPSA) is 122 Å². The predicted octanol–water partition coefficient (Wildman–Crippen LogP) is 1.57. The summed E-state index contributed by atoms with van der Waals surface area (Å²) >= 11 is 0. The first kappa shape index (κ1) is 23.2. The first-order chi connectivity index (χ1) is 14.4. The van der Waals surface area contributed by atoms with Crippen molar-refractivity contribution in [2.75, 3.05) is 42.8 Å². The second kappa shape index (κ2) is 11.2. The monoisotopic (exact) mass is 417 g/mol. The number of amides is 1. The molecule has 0 unspecified atom stereocenters. The van der Waals surface area contributed by atoms with Gasteiger partial charge in [-0.05, 0) is 30.5 Å². The van der Waals surface area contributed by atoms with E-state index in [1.807, 2.05) is 38.1 Å². The van der Waals surface area contributed by atoms with E-state index in [0.717, 1.165) is 24.8 Å². The molecule has 0 radical (unpaired) electrons. The highest BCUT2D eigenvalue weighted by molar-refractivity contribution is 5.94. The quantitative estimate of drug-likeness (QED) is 0.510. The van der Waals surface area contributed by atoms with Crippen molar-refractivity contribution in [3.63, 3.8) is 0 Å². The van der Waals surface area contributed by atoms with Crippen molar-refractivity contribution in [1.29, 1.82) is 0 Å². The van der Waals surface area contributed by atoms with E-state index < -0.39 is 11.2 Å². The van der Waals surface area contributed by atoms with Gasteiger partial charge in [-0.25, -0.2) is 4.79 Å². The number of nitrogens with zero attached hydrogens (tertiary/aromatic N) is 2. The van der Waals surface area contributed by atoms with Crippen LogP contribution in [0, 0.1) is 0 Å². The molecule has 30 heavy (non-hydrogen) atoms. The van der Waals surface area contributed by atoms with Crippen LogP contribution in [0.25, 0.3) is 0 Å². The van der Waals surface area contributed by atoms with Crippen LogP contribution in [-0.4, -0.2) is 42.3 Å². The summed E-state index contributed by atoms with van der Waals surface area (Å²) in [5.41, 5.74) is 6.90. The van der Waals surface area contributed by atoms with Crippen LogP contribution in [0.2, 0.25) is 0 Å². The summed E-state index contributed by atoms with van der Waals surface area (Å²) in [5.74, 6) is -0.251. The number of hydrogen-bond donors (Lipinski definition) is 3. The molecule has 0 saturated carbocycles. The van der Waals surface area contributed by atoms with E-state index in [2.05, 4.69) is 10.3 Å². The number of benzene rings is 1. The average Bonchev–Trinajstić information content (AvgIpc) is 2.71. The van der Waals surface area contributed by atoms with Crippen molar-refractivity contribution in [3.05, 3.63) is 50.7 Å². The van der Waals surface area contributed by atoms with Gasteiger partial charge in [0.15, 0.2) is 0 Å². The second-order valence-electron chi connectivity index (χ2n) is 7.01. The van der Waals surface area contributed by atoms with Gasteiger partial charge in [0.1, 0.15) is 11.5 Å². The van der Waals surface area contributed by atoms with Crippen LogP contribution in [0.1, 0.15) is 32.3 Å². The van der Waals surface area contributed by atoms with E-state index >= 15 is 0 Å². The maximum atomic E-state index is 12.7. The Labute approximate surface area is 175 Å². The van der Waals surface area contributed by atoms with Gasteiger partial charge in [-0.15, -0.1) is 0 Å². The number of ether oxygens (including phenoxy) is 1. The highest BCUT2D eigenvalue weighted by atomic mass is 16.5. The molecule has 1 aromatic carbocycles. The number of rotatable bonds is 11. The minimum atomic E-state index is -0.623. The number of hydrogen-bond acceptors (Lipinski definition) is 6. The Morgan fingerprint density at radius 2 is 2.07 bits per heavy atom. The lowest BCUT2D eigenvalue weighted by Gasteiger charge is -2.25. The van der Waals surface area contributed by atoms with Crippen LogP contribution < -0.4 is 27.2 Å². The smallest absolute Gasteiger partial charge is 0.330 e. The van der Waals surface area contributed by atoms with Crippen LogP contribution in [-0.2, 0) is 22.5 Å². The summed E-state index contributed by atoms with van der Waals surface area (Å²) in [6, 6.07) is 7.58. The standard InChI is InChI=1S/C21H31N5O4/c1-4-6-10-26-19(22)18(20(28)24-21(26)29)25(11-12-30-3)14-17(27)23-16-9-7-8-15(5-2)13-16/h7-9,13H,4-6,10-12,14,22H2,1-3H3,(H,23,27)(H,24,28,29). The Morgan fingerprint density at radius 1 is 1.30 bits per heavy atom. The molecule has 9 nitrogen and oxygen atoms in total. The zero-order chi connectivity index (χ0) is 22.1. The molecule has 0 saturated heterocycles. The van der Waals surface area contributed by atoms with Crippen LogP contribution in [0.3, 0.4) is 0 Å². The fourth-order valence-corrected chi connectivity index (χ4v) is 3.14. The molecule has 0 aliphatic heterocycles. The SMILES string of the molecule is CCCCn1c(N)c(N(CCOC)CC(=O)Nc2cccc(CC)c2)c(=O)[nH]c1=O. The lowest BCUT2D eigenvalue weighted by Crippen LogP contribution is -2.42. The van der Waals surface area contributed by atoms with Crippen molar-refractivity contribution in [1.82, 2.24) is 9.55 Å². The molecule has 9 heteroatoms. The fraction of sp³-hybridized carbons (Fsp3) is 0.476. The van der Waals surface area contributed by atoms with Crippen molar-refractivity contribution >= 4 is 23.1 Å². The number of H-pyrrole nitrogens is 1. The Balaban J connectivity index is 2.31. The van der Waals surface area contributed by atoms with Gasteiger partial charge in [-0.2, -0.15) is 0 Å². The molecule has 0 bridgehead atoms. The molecule has 2 rings (SSSR count). The van der Waals surface area contributed by atoms with Gasteiger partial charge in [-0.3, -0.25) is 19.1 Å². The second-order valence-corrected chi connectivity index (χ2v) is 7.01. The molecule has 0 fully saturated rings. The largest absolute Gasteiger partial charge is 0.383 e. The summed E-state index contributed by atoms with van der Waals surface area (Å²) in [4.78, 5) is 41.3. The minimum absolute atomic E-state index is 0.0501. The average molecular weight is 418 g/mol. The number of aryl methyl sites for hydroxylation is 1. The summed E-state index contributed by atoms with van der Waals surface area (Å²) < 4.78 is 6.46. The minimum Gasteiger partial charge on any atom is -0.383 e. The normalized spacial score (nSPS) is 10.8. The molecular formula is C21H31N5O4. The van der Waals surface area contributed by atoms with Gasteiger partial charge in [0.2, 0.25) is 5.91 Å². The Hall–Kier alpha value is -3.07. The van der Waals surface area contributed by atoms with Gasteiger partial charge in [0.25, 0.3) is 5.56 Å². The maximum absolute atomic E-state index is 12.7. The van der Waals surface area contributed by atoms with Crippen LogP contribution >= 0.6 is 0 Å². The fourth-order valence-electron chi connectivity index (χ4n) is 3.14. The molecule has 2 aromatic rings. The van der Waals surface area contributed by atoms with E-state index in [9.17, 15) is 14.4 Å². The number of nitrogens with one attached hydrogen (secondary N) is 2. The van der Waals surface area contributed by atoms with Gasteiger partial charge < -0.3 is 20.7 Å². The Morgan fingerprint density at radius 3 is 2.73 bits per heavy atom. The number of nitrogens with two attached hydrogens (primary N) is 1. The maximum Gasteiger partial charge on any atom is 0.330 e. The molecule has 0 spiro atoms. The molecule has 164 valence electrons. The van der Waals surface area contributed by atoms with Crippen molar-refractivity contribution in [2.45, 2.75) is 39.7 Å². The molecule has 0 aliphatic carbocycles. The van der Waals surface area contributed by atoms with E-state index in [0.29, 0.717) is 12.2 Å². The Kier molecular flexibility index (Phi) is 8.67. The van der Waals surface area contributed by atoms with E-state index in [1.54, 1.807) is 4.90 Å². The molecular weight excluding hydrogens is 386 g/mol. The summed E-state index contributed by atoms with van der Waals surface area (Å²) in [6.07, 6.45) is 2.46. The van der Waals surface area contributed by atoms with Gasteiger partial charge >= 0.3 is 5.69 Å². The lowest BCUT2D eigenvalue weighted by molar-refractivity contribution is -0.115. The Bertz CT molecular complexity index is 967. The number of nitrogen functional groups attached to an aromatic ring is 1. The number of aromatic nitrogens is 2. The van der Waals surface area contributed by atoms with Crippen molar-refractivity contribution in [2.24, 2.45) is 0 Å². The highest BCUT2D eigenvalue weighted by Gasteiger charge is 2.21. The van der Waals surface area contributed by atoms with Crippen LogP contribution in [0.15, 0.2) is 33.9 Å². The summed E-state index contributed by atoms with van der Waals surface area (Å²) in [6.45, 7) is 4.86. The molecule has 0 atom stereocenters. The molecule has 1 aromatic heterocycles. The molecule has 1 amide bonds. The summed E-state index contributed by atoms with van der Waals surface area (Å²) in [5, 5.41) is 2.85. The van der Waals surface area contributed by atoms with E-state index in [-0.39, 0.29) is 37.1 Å². The molecule has 1 heterocycles. The van der Waals surface area contributed by atoms with Crippen LogP contribution in [0.4, 0.5) is 17.2 Å². The van der Waals surface area contributed by atoms with Gasteiger partial charge in [0, 0.05) is 25.9 Å². The zero-order valence-electron chi connectivity index (χ0n) is 17.9. The predicted molar refractivity (Wildman–Crippen MR) is 119 cm³/mol. The summed E-state index contributed by atoms with van der Waals surface area (Å²) in [7, 11) is 1.53. The number of methoxy groups -OCH3 is 1. The number of anilines is 3. The number of unbranched alkanes of at least 4 members (excludes halogenated alkanes) is 1. The first-order valence-electron chi connectivity index (χ1n) is 10.2. The van der Waals surface area contributed by atoms with Crippen molar-refractivity contribution in [3.8, 4) is 0 Å². The third-order valence-electron chi connectivity index (χ3n) is 4.78. The highest BCUT2D eigenvalue weighted by Crippen LogP contribution is 2.17. The van der Waals surface area contributed by atoms with Gasteiger partial charge in [-0.1, -0.05) is 32.4 Å². The molecule has 4 N–H and O–H groups in total. The number of aromatic amines is 1. The van der Waals surface area contributed by atoms with E-state index in [4.69, 9.17) is 10.5 Å². The van der Waals surface area contributed by atoms with E-state index in [1.165, 1.54) is 11.7 Å².